The molecule has 1 heterocycles. The first-order chi connectivity index (χ1) is 9.04. The summed E-state index contributed by atoms with van der Waals surface area (Å²) >= 11 is 1.79. The van der Waals surface area contributed by atoms with Gasteiger partial charge in [0.2, 0.25) is 0 Å². The maximum Gasteiger partial charge on any atom is 0.402 e. The molecule has 1 aliphatic heterocycles. The van der Waals surface area contributed by atoms with Gasteiger partial charge in [-0.3, -0.25) is 0 Å². The second kappa shape index (κ2) is 7.37. The molecule has 1 saturated heterocycles. The van der Waals surface area contributed by atoms with Gasteiger partial charge in [0.05, 0.1) is 12.7 Å². The van der Waals surface area contributed by atoms with E-state index < -0.39 is 6.09 Å². The number of carbonyl (C=O) groups is 1. The summed E-state index contributed by atoms with van der Waals surface area (Å²) in [6, 6.07) is 10.3. The molecule has 1 aliphatic rings. The summed E-state index contributed by atoms with van der Waals surface area (Å²) in [7, 11) is 0. The molecule has 106 valence electrons. The van der Waals surface area contributed by atoms with Crippen LogP contribution in [-0.2, 0) is 9.67 Å². The van der Waals surface area contributed by atoms with Crippen molar-refractivity contribution < 1.29 is 19.7 Å². The van der Waals surface area contributed by atoms with Crippen LogP contribution in [0.25, 0.3) is 0 Å². The fraction of sp³-hybridized carbons (Fsp3) is 0.462. The number of aliphatic hydroxyl groups is 1. The van der Waals surface area contributed by atoms with Crippen molar-refractivity contribution in [3.05, 3.63) is 35.9 Å². The van der Waals surface area contributed by atoms with Gasteiger partial charge >= 0.3 is 6.09 Å². The number of primary amides is 1. The van der Waals surface area contributed by atoms with Crippen molar-refractivity contribution in [3.63, 3.8) is 0 Å². The minimum Gasteiger partial charge on any atom is -0.465 e. The van der Waals surface area contributed by atoms with Crippen LogP contribution in [0.3, 0.4) is 0 Å². The highest BCUT2D eigenvalue weighted by Gasteiger charge is 2.40. The second-order valence-electron chi connectivity index (χ2n) is 4.04. The quantitative estimate of drug-likeness (QED) is 0.790. The number of benzene rings is 1. The van der Waals surface area contributed by atoms with E-state index in [4.69, 9.17) is 19.7 Å². The molecular formula is C13H19NO4S. The third kappa shape index (κ3) is 4.41. The van der Waals surface area contributed by atoms with Gasteiger partial charge in [0, 0.05) is 5.75 Å². The van der Waals surface area contributed by atoms with Crippen LogP contribution in [0.4, 0.5) is 4.79 Å². The van der Waals surface area contributed by atoms with Crippen molar-refractivity contribution >= 4 is 17.9 Å². The van der Waals surface area contributed by atoms with Crippen LogP contribution in [0.15, 0.2) is 30.3 Å². The van der Waals surface area contributed by atoms with Crippen molar-refractivity contribution in [2.45, 2.75) is 24.4 Å². The molecule has 0 aromatic heterocycles. The Labute approximate surface area is 116 Å². The van der Waals surface area contributed by atoms with E-state index in [1.165, 1.54) is 5.56 Å². The van der Waals surface area contributed by atoms with Gasteiger partial charge in [0.15, 0.2) is 0 Å². The van der Waals surface area contributed by atoms with Crippen molar-refractivity contribution in [2.75, 3.05) is 12.4 Å². The van der Waals surface area contributed by atoms with E-state index in [0.717, 1.165) is 12.2 Å². The molecule has 0 spiro atoms. The molecule has 1 aromatic carbocycles. The standard InChI is InChI=1S/C12H16O2S.CH3NO2/c1-2-12(10-6-4-3-5-7-10)14-11(8-13)9-15-12;2-1(3)4/h3-7,11,13H,2,8-9H2,1H3;2H2,(H,3,4). The number of hydrogen-bond donors (Lipinski definition) is 3. The van der Waals surface area contributed by atoms with Gasteiger partial charge in [0.25, 0.3) is 0 Å². The summed E-state index contributed by atoms with van der Waals surface area (Å²) in [6.07, 6.45) is -0.423. The molecule has 0 saturated carbocycles. The SMILES string of the molecule is CCC1(c2ccccc2)OC(CO)CS1.NC(=O)O. The molecule has 0 bridgehead atoms. The van der Waals surface area contributed by atoms with Gasteiger partial charge in [-0.1, -0.05) is 37.3 Å². The molecule has 0 aliphatic carbocycles. The number of rotatable bonds is 3. The van der Waals surface area contributed by atoms with Gasteiger partial charge in [-0.25, -0.2) is 4.79 Å². The largest absolute Gasteiger partial charge is 0.465 e. The lowest BCUT2D eigenvalue weighted by molar-refractivity contribution is -0.0364. The summed E-state index contributed by atoms with van der Waals surface area (Å²) in [6.45, 7) is 2.24. The molecule has 0 radical (unpaired) electrons. The fourth-order valence-electron chi connectivity index (χ4n) is 1.89. The summed E-state index contributed by atoms with van der Waals surface area (Å²) in [5, 5.41) is 16.3. The molecule has 1 aromatic rings. The highest BCUT2D eigenvalue weighted by molar-refractivity contribution is 8.00. The van der Waals surface area contributed by atoms with Gasteiger partial charge in [0.1, 0.15) is 4.93 Å². The van der Waals surface area contributed by atoms with Gasteiger partial charge in [-0.15, -0.1) is 11.8 Å². The van der Waals surface area contributed by atoms with E-state index in [1.54, 1.807) is 11.8 Å². The molecule has 1 fully saturated rings. The lowest BCUT2D eigenvalue weighted by atomic mass is 10.1. The van der Waals surface area contributed by atoms with Gasteiger partial charge in [-0.05, 0) is 12.0 Å². The Hall–Kier alpha value is -1.24. The van der Waals surface area contributed by atoms with E-state index in [9.17, 15) is 0 Å². The first-order valence-corrected chi connectivity index (χ1v) is 6.99. The smallest absolute Gasteiger partial charge is 0.402 e. The van der Waals surface area contributed by atoms with Gasteiger partial charge in [-0.2, -0.15) is 0 Å². The predicted octanol–water partition coefficient (Wildman–Crippen LogP) is 2.00. The molecule has 19 heavy (non-hydrogen) atoms. The lowest BCUT2D eigenvalue weighted by Gasteiger charge is -2.27. The Morgan fingerprint density at radius 3 is 2.53 bits per heavy atom. The topological polar surface area (TPSA) is 92.8 Å². The maximum atomic E-state index is 9.10. The average Bonchev–Trinajstić information content (AvgIpc) is 2.84. The zero-order valence-corrected chi connectivity index (χ0v) is 11.6. The van der Waals surface area contributed by atoms with Crippen LogP contribution in [0, 0.1) is 0 Å². The van der Waals surface area contributed by atoms with Gasteiger partial charge < -0.3 is 20.7 Å². The van der Waals surface area contributed by atoms with E-state index in [2.05, 4.69) is 24.8 Å². The molecule has 6 heteroatoms. The van der Waals surface area contributed by atoms with E-state index in [1.807, 2.05) is 18.2 Å². The molecule has 2 atom stereocenters. The zero-order valence-electron chi connectivity index (χ0n) is 10.8. The number of hydrogen-bond acceptors (Lipinski definition) is 4. The van der Waals surface area contributed by atoms with Crippen LogP contribution < -0.4 is 5.73 Å². The normalized spacial score (nSPS) is 25.5. The molecule has 4 N–H and O–H groups in total. The first kappa shape index (κ1) is 15.8. The third-order valence-electron chi connectivity index (χ3n) is 2.74. The highest BCUT2D eigenvalue weighted by atomic mass is 32.2. The third-order valence-corrected chi connectivity index (χ3v) is 4.37. The van der Waals surface area contributed by atoms with Crippen molar-refractivity contribution in [3.8, 4) is 0 Å². The van der Waals surface area contributed by atoms with E-state index >= 15 is 0 Å². The van der Waals surface area contributed by atoms with Crippen LogP contribution in [0.5, 0.6) is 0 Å². The Morgan fingerprint density at radius 1 is 1.53 bits per heavy atom. The zero-order chi connectivity index (χ0) is 14.3. The Morgan fingerprint density at radius 2 is 2.11 bits per heavy atom. The van der Waals surface area contributed by atoms with Crippen LogP contribution >= 0.6 is 11.8 Å². The molecule has 1 amide bonds. The molecule has 2 unspecified atom stereocenters. The predicted molar refractivity (Wildman–Crippen MR) is 75.0 cm³/mol. The summed E-state index contributed by atoms with van der Waals surface area (Å²) < 4.78 is 5.95. The maximum absolute atomic E-state index is 9.10. The van der Waals surface area contributed by atoms with Crippen molar-refractivity contribution in [2.24, 2.45) is 5.73 Å². The fourth-order valence-corrected chi connectivity index (χ4v) is 3.23. The van der Waals surface area contributed by atoms with E-state index in [-0.39, 0.29) is 17.6 Å². The Balaban J connectivity index is 0.000000399. The number of nitrogens with two attached hydrogens (primary N) is 1. The minimum atomic E-state index is -1.33. The first-order valence-electron chi connectivity index (χ1n) is 6.00. The lowest BCUT2D eigenvalue weighted by Crippen LogP contribution is -2.25. The summed E-state index contributed by atoms with van der Waals surface area (Å²) in [5.41, 5.74) is 5.23. The number of aliphatic hydroxyl groups excluding tert-OH is 1. The van der Waals surface area contributed by atoms with Crippen LogP contribution in [-0.4, -0.2) is 34.8 Å². The average molecular weight is 285 g/mol. The number of thioether (sulfide) groups is 1. The molecule has 2 rings (SSSR count). The second-order valence-corrected chi connectivity index (χ2v) is 5.33. The molecule has 5 nitrogen and oxygen atoms in total. The summed E-state index contributed by atoms with van der Waals surface area (Å²) in [5.74, 6) is 0.874. The highest BCUT2D eigenvalue weighted by Crippen LogP contribution is 2.47. The van der Waals surface area contributed by atoms with Crippen LogP contribution in [0.2, 0.25) is 0 Å². The Kier molecular flexibility index (Phi) is 6.14. The molecular weight excluding hydrogens is 266 g/mol. The Bertz CT molecular complexity index is 397. The minimum absolute atomic E-state index is 0.0184. The number of ether oxygens (including phenoxy) is 1. The number of carboxylic acid groups (broad SMARTS) is 1. The van der Waals surface area contributed by atoms with Crippen molar-refractivity contribution in [1.29, 1.82) is 0 Å². The monoisotopic (exact) mass is 285 g/mol. The number of amides is 1. The summed E-state index contributed by atoms with van der Waals surface area (Å²) in [4.78, 5) is 8.54. The van der Waals surface area contributed by atoms with E-state index in [0.29, 0.717) is 0 Å². The van der Waals surface area contributed by atoms with Crippen molar-refractivity contribution in [1.82, 2.24) is 0 Å². The van der Waals surface area contributed by atoms with Crippen LogP contribution in [0.1, 0.15) is 18.9 Å².